The molecule has 1 atom stereocenters. The molecule has 2 rings (SSSR count). The second kappa shape index (κ2) is 5.68. The lowest BCUT2D eigenvalue weighted by Gasteiger charge is -2.27. The zero-order valence-corrected chi connectivity index (χ0v) is 14.1. The Morgan fingerprint density at radius 1 is 1.41 bits per heavy atom. The molecule has 0 aliphatic carbocycles. The van der Waals surface area contributed by atoms with E-state index in [2.05, 4.69) is 15.6 Å². The van der Waals surface area contributed by atoms with Gasteiger partial charge in [-0.3, -0.25) is 14.9 Å². The van der Waals surface area contributed by atoms with Crippen LogP contribution in [-0.4, -0.2) is 39.8 Å². The molecule has 1 aliphatic heterocycles. The minimum Gasteiger partial charge on any atom is -0.346 e. The molecule has 1 aromatic rings. The first-order chi connectivity index (χ1) is 10.1. The normalized spacial score (nSPS) is 18.3. The Balaban J connectivity index is 2.03. The summed E-state index contributed by atoms with van der Waals surface area (Å²) in [5.74, 6) is -0.722. The molecular weight excluding hydrogens is 304 g/mol. The van der Waals surface area contributed by atoms with Crippen molar-refractivity contribution in [3.63, 3.8) is 0 Å². The van der Waals surface area contributed by atoms with Crippen LogP contribution in [0.15, 0.2) is 0 Å². The molecule has 0 radical (unpaired) electrons. The highest BCUT2D eigenvalue weighted by molar-refractivity contribution is 7.11. The summed E-state index contributed by atoms with van der Waals surface area (Å²) >= 11 is 1.58. The molecule has 1 aliphatic rings. The number of aryl methyl sites for hydroxylation is 2. The Hall–Kier alpha value is -1.96. The highest BCUT2D eigenvalue weighted by atomic mass is 32.1. The number of urea groups is 1. The molecule has 2 heterocycles. The van der Waals surface area contributed by atoms with E-state index in [0.717, 1.165) is 15.6 Å². The van der Waals surface area contributed by atoms with Gasteiger partial charge in [-0.25, -0.2) is 9.78 Å². The van der Waals surface area contributed by atoms with Gasteiger partial charge in [0.1, 0.15) is 12.1 Å². The summed E-state index contributed by atoms with van der Waals surface area (Å²) < 4.78 is 0. The van der Waals surface area contributed by atoms with Crippen molar-refractivity contribution in [2.45, 2.75) is 46.2 Å². The molecule has 2 N–H and O–H groups in total. The van der Waals surface area contributed by atoms with Crippen molar-refractivity contribution < 1.29 is 14.4 Å². The van der Waals surface area contributed by atoms with Gasteiger partial charge in [-0.1, -0.05) is 0 Å². The summed E-state index contributed by atoms with van der Waals surface area (Å²) in [6, 6.07) is -0.791. The zero-order chi connectivity index (χ0) is 16.7. The minimum atomic E-state index is -1.02. The van der Waals surface area contributed by atoms with Gasteiger partial charge in [0.15, 0.2) is 0 Å². The zero-order valence-electron chi connectivity index (χ0n) is 13.3. The molecule has 0 spiro atoms. The van der Waals surface area contributed by atoms with Gasteiger partial charge >= 0.3 is 6.03 Å². The van der Waals surface area contributed by atoms with E-state index in [9.17, 15) is 14.4 Å². The van der Waals surface area contributed by atoms with Crippen molar-refractivity contribution in [1.29, 1.82) is 0 Å². The first-order valence-corrected chi connectivity index (χ1v) is 7.81. The van der Waals surface area contributed by atoms with Crippen molar-refractivity contribution in [3.8, 4) is 0 Å². The van der Waals surface area contributed by atoms with Crippen molar-refractivity contribution in [3.05, 3.63) is 15.6 Å². The lowest BCUT2D eigenvalue weighted by atomic mass is 10.0. The molecule has 0 aromatic carbocycles. The Morgan fingerprint density at radius 3 is 2.50 bits per heavy atom. The summed E-state index contributed by atoms with van der Waals surface area (Å²) in [4.78, 5) is 42.3. The smallest absolute Gasteiger partial charge is 0.325 e. The van der Waals surface area contributed by atoms with Crippen LogP contribution in [0.25, 0.3) is 0 Å². The molecule has 8 heteroatoms. The highest BCUT2D eigenvalue weighted by Crippen LogP contribution is 2.23. The van der Waals surface area contributed by atoms with Crippen LogP contribution in [-0.2, 0) is 9.59 Å². The fraction of sp³-hybridized carbons (Fsp3) is 0.571. The first kappa shape index (κ1) is 16.4. The van der Waals surface area contributed by atoms with Crippen LogP contribution in [0.3, 0.4) is 0 Å². The Labute approximate surface area is 133 Å². The van der Waals surface area contributed by atoms with Crippen LogP contribution < -0.4 is 10.6 Å². The quantitative estimate of drug-likeness (QED) is 0.816. The number of carbonyl (C=O) groups excluding carboxylic acids is 3. The number of carbonyl (C=O) groups is 3. The van der Waals surface area contributed by atoms with Crippen molar-refractivity contribution >= 4 is 29.2 Å². The minimum absolute atomic E-state index is 0.170. The summed E-state index contributed by atoms with van der Waals surface area (Å²) in [6.45, 7) is 8.77. The third kappa shape index (κ3) is 2.96. The molecular formula is C14H20N4O3S. The molecule has 0 saturated carbocycles. The maximum atomic E-state index is 12.2. The number of rotatable bonds is 4. The van der Waals surface area contributed by atoms with Crippen LogP contribution in [0.1, 0.15) is 42.4 Å². The Morgan fingerprint density at radius 2 is 2.05 bits per heavy atom. The van der Waals surface area contributed by atoms with Crippen LogP contribution in [0.5, 0.6) is 0 Å². The lowest BCUT2D eigenvalue weighted by Crippen LogP contribution is -2.49. The van der Waals surface area contributed by atoms with Crippen LogP contribution in [0.4, 0.5) is 4.79 Å². The van der Waals surface area contributed by atoms with E-state index in [0.29, 0.717) is 0 Å². The standard InChI is InChI=1S/C14H20N4O3S/c1-7(11-8(2)22-9(3)16-11)15-10(19)6-18-13(21)17-12(20)14(18,4)5/h7H,6H2,1-5H3,(H,15,19)(H,17,20,21)/t7-/m0/s1. The van der Waals surface area contributed by atoms with Crippen LogP contribution in [0, 0.1) is 13.8 Å². The number of thiazole rings is 1. The van der Waals surface area contributed by atoms with Gasteiger partial charge in [0.05, 0.1) is 16.7 Å². The molecule has 1 saturated heterocycles. The van der Waals surface area contributed by atoms with Gasteiger partial charge in [0.2, 0.25) is 5.91 Å². The number of nitrogens with zero attached hydrogens (tertiary/aromatic N) is 2. The predicted octanol–water partition coefficient (Wildman–Crippen LogP) is 1.27. The van der Waals surface area contributed by atoms with E-state index in [-0.39, 0.29) is 18.5 Å². The number of hydrogen-bond donors (Lipinski definition) is 2. The molecule has 0 bridgehead atoms. The third-order valence-electron chi connectivity index (χ3n) is 3.72. The number of nitrogens with one attached hydrogen (secondary N) is 2. The van der Waals surface area contributed by atoms with Gasteiger partial charge in [-0.15, -0.1) is 11.3 Å². The first-order valence-electron chi connectivity index (χ1n) is 6.99. The number of hydrogen-bond acceptors (Lipinski definition) is 5. The van der Waals surface area contributed by atoms with E-state index < -0.39 is 17.5 Å². The second-order valence-corrected chi connectivity index (χ2v) is 7.28. The topological polar surface area (TPSA) is 91.4 Å². The monoisotopic (exact) mass is 324 g/mol. The number of amides is 4. The van der Waals surface area contributed by atoms with E-state index in [1.54, 1.807) is 25.2 Å². The average molecular weight is 324 g/mol. The van der Waals surface area contributed by atoms with Gasteiger partial charge < -0.3 is 10.2 Å². The maximum Gasteiger partial charge on any atom is 0.325 e. The number of aromatic nitrogens is 1. The van der Waals surface area contributed by atoms with Gasteiger partial charge in [-0.2, -0.15) is 0 Å². The predicted molar refractivity (Wildman–Crippen MR) is 82.5 cm³/mol. The van der Waals surface area contributed by atoms with Crippen molar-refractivity contribution in [2.75, 3.05) is 6.54 Å². The Kier molecular flexibility index (Phi) is 4.23. The lowest BCUT2D eigenvalue weighted by molar-refractivity contribution is -0.127. The molecule has 4 amide bonds. The van der Waals surface area contributed by atoms with Gasteiger partial charge in [-0.05, 0) is 34.6 Å². The van der Waals surface area contributed by atoms with Gasteiger partial charge in [0.25, 0.3) is 5.91 Å². The molecule has 22 heavy (non-hydrogen) atoms. The van der Waals surface area contributed by atoms with Crippen molar-refractivity contribution in [2.24, 2.45) is 0 Å². The highest BCUT2D eigenvalue weighted by Gasteiger charge is 2.46. The summed E-state index contributed by atoms with van der Waals surface area (Å²) in [5, 5.41) is 5.98. The molecule has 0 unspecified atom stereocenters. The van der Waals surface area contributed by atoms with E-state index in [4.69, 9.17) is 0 Å². The fourth-order valence-corrected chi connectivity index (χ4v) is 3.32. The molecule has 7 nitrogen and oxygen atoms in total. The largest absolute Gasteiger partial charge is 0.346 e. The number of imide groups is 1. The van der Waals surface area contributed by atoms with E-state index >= 15 is 0 Å². The van der Waals surface area contributed by atoms with Crippen molar-refractivity contribution in [1.82, 2.24) is 20.5 Å². The summed E-state index contributed by atoms with van der Waals surface area (Å²) in [6.07, 6.45) is 0. The third-order valence-corrected chi connectivity index (χ3v) is 4.63. The van der Waals surface area contributed by atoms with Crippen LogP contribution >= 0.6 is 11.3 Å². The SMILES string of the molecule is Cc1nc([C@H](C)NC(=O)CN2C(=O)NC(=O)C2(C)C)c(C)s1. The molecule has 1 fully saturated rings. The Bertz CT molecular complexity index is 638. The molecule has 120 valence electrons. The van der Waals surface area contributed by atoms with Crippen LogP contribution in [0.2, 0.25) is 0 Å². The van der Waals surface area contributed by atoms with E-state index in [1.165, 1.54) is 4.90 Å². The molecule has 1 aromatic heterocycles. The fourth-order valence-electron chi connectivity index (χ4n) is 2.41. The average Bonchev–Trinajstić information content (AvgIpc) is 2.82. The maximum absolute atomic E-state index is 12.2. The van der Waals surface area contributed by atoms with Gasteiger partial charge in [0, 0.05) is 4.88 Å². The summed E-state index contributed by atoms with van der Waals surface area (Å²) in [5.41, 5.74) is -0.192. The second-order valence-electron chi connectivity index (χ2n) is 5.87. The van der Waals surface area contributed by atoms with E-state index in [1.807, 2.05) is 20.8 Å². The summed E-state index contributed by atoms with van der Waals surface area (Å²) in [7, 11) is 0.